The van der Waals surface area contributed by atoms with Gasteiger partial charge in [-0.3, -0.25) is 9.59 Å². The van der Waals surface area contributed by atoms with Crippen LogP contribution in [0.1, 0.15) is 65.2 Å². The van der Waals surface area contributed by atoms with Gasteiger partial charge in [-0.1, -0.05) is 90.5 Å². The van der Waals surface area contributed by atoms with Crippen molar-refractivity contribution >= 4 is 11.6 Å². The highest BCUT2D eigenvalue weighted by Crippen LogP contribution is 2.41. The molecule has 0 aliphatic carbocycles. The summed E-state index contributed by atoms with van der Waals surface area (Å²) < 4.78 is 18.6. The number of rotatable bonds is 12. The summed E-state index contributed by atoms with van der Waals surface area (Å²) in [5.74, 6) is 2.31. The molecule has 8 aromatic rings. The third-order valence-corrected chi connectivity index (χ3v) is 10.9. The van der Waals surface area contributed by atoms with Gasteiger partial charge >= 0.3 is 0 Å². The first-order chi connectivity index (χ1) is 30.6. The van der Waals surface area contributed by atoms with Crippen LogP contribution < -0.4 is 14.2 Å². The second kappa shape index (κ2) is 17.9. The fourth-order valence-corrected chi connectivity index (χ4v) is 7.39. The lowest BCUT2D eigenvalue weighted by molar-refractivity contribution is 0.103. The van der Waals surface area contributed by atoms with Gasteiger partial charge in [0.05, 0.1) is 5.56 Å². The van der Waals surface area contributed by atoms with Crippen LogP contribution in [0.2, 0.25) is 0 Å². The van der Waals surface area contributed by atoms with Gasteiger partial charge < -0.3 is 14.2 Å². The van der Waals surface area contributed by atoms with Crippen molar-refractivity contribution in [3.8, 4) is 69.0 Å². The Hall–Kier alpha value is -8.59. The molecule has 0 aliphatic rings. The fourth-order valence-electron chi connectivity index (χ4n) is 7.39. The molecule has 0 unspecified atom stereocenters. The largest absolute Gasteiger partial charge is 0.456 e. The number of nitrogens with zero attached hydrogens (tertiary/aromatic N) is 3. The van der Waals surface area contributed by atoms with E-state index in [-0.39, 0.29) is 17.1 Å². The second-order valence-electron chi connectivity index (χ2n) is 15.0. The molecular weight excluding hydrogens is 783 g/mol. The number of carbonyl (C=O) groups is 2. The molecule has 304 valence electrons. The van der Waals surface area contributed by atoms with Gasteiger partial charge in [-0.25, -0.2) is 4.98 Å². The van der Waals surface area contributed by atoms with Gasteiger partial charge in [0, 0.05) is 40.1 Å². The quantitative estimate of drug-likeness (QED) is 0.112. The van der Waals surface area contributed by atoms with Gasteiger partial charge in [-0.15, -0.1) is 0 Å². The first-order valence-corrected chi connectivity index (χ1v) is 20.2. The molecule has 0 fully saturated rings. The minimum Gasteiger partial charge on any atom is -0.456 e. The highest BCUT2D eigenvalue weighted by atomic mass is 16.5. The maximum absolute atomic E-state index is 14.8. The molecule has 63 heavy (non-hydrogen) atoms. The molecule has 8 heteroatoms. The van der Waals surface area contributed by atoms with Crippen molar-refractivity contribution in [2.45, 2.75) is 27.7 Å². The van der Waals surface area contributed by atoms with E-state index in [9.17, 15) is 20.1 Å². The Balaban J connectivity index is 1.20. The monoisotopic (exact) mass is 821 g/mol. The van der Waals surface area contributed by atoms with Gasteiger partial charge in [0.25, 0.3) is 0 Å². The average molecular weight is 822 g/mol. The predicted octanol–water partition coefficient (Wildman–Crippen LogP) is 13.2. The molecule has 0 saturated carbocycles. The maximum atomic E-state index is 14.8. The summed E-state index contributed by atoms with van der Waals surface area (Å²) in [6, 6.07) is 51.3. The minimum absolute atomic E-state index is 0.140. The summed E-state index contributed by atoms with van der Waals surface area (Å²) in [5, 5.41) is 20.5. The molecule has 8 rings (SSSR count). The number of pyridine rings is 1. The summed E-state index contributed by atoms with van der Waals surface area (Å²) in [7, 11) is 0. The second-order valence-corrected chi connectivity index (χ2v) is 15.0. The molecule has 1 heterocycles. The van der Waals surface area contributed by atoms with Gasteiger partial charge in [-0.2, -0.15) is 10.5 Å². The highest BCUT2D eigenvalue weighted by molar-refractivity contribution is 6.15. The Morgan fingerprint density at radius 2 is 1.10 bits per heavy atom. The summed E-state index contributed by atoms with van der Waals surface area (Å²) in [5.41, 5.74) is 8.07. The van der Waals surface area contributed by atoms with E-state index >= 15 is 0 Å². The maximum Gasteiger partial charge on any atom is 0.219 e. The third-order valence-electron chi connectivity index (χ3n) is 10.9. The average Bonchev–Trinajstić information content (AvgIpc) is 3.31. The van der Waals surface area contributed by atoms with Crippen molar-refractivity contribution in [2.24, 2.45) is 0 Å². The predicted molar refractivity (Wildman–Crippen MR) is 243 cm³/mol. The van der Waals surface area contributed by atoms with Crippen molar-refractivity contribution < 1.29 is 23.8 Å². The smallest absolute Gasteiger partial charge is 0.219 e. The lowest BCUT2D eigenvalue weighted by Crippen LogP contribution is -2.07. The first kappa shape index (κ1) is 41.2. The number of nitriles is 2. The number of aromatic nitrogens is 1. The number of ketones is 2. The van der Waals surface area contributed by atoms with E-state index in [1.165, 1.54) is 0 Å². The molecule has 0 bridgehead atoms. The van der Waals surface area contributed by atoms with Crippen molar-refractivity contribution in [2.75, 3.05) is 0 Å². The van der Waals surface area contributed by atoms with Crippen molar-refractivity contribution in [3.05, 3.63) is 220 Å². The van der Waals surface area contributed by atoms with Crippen LogP contribution in [0.5, 0.6) is 34.6 Å². The Labute approximate surface area is 365 Å². The molecule has 1 aromatic heterocycles. The van der Waals surface area contributed by atoms with E-state index in [0.717, 1.165) is 22.3 Å². The van der Waals surface area contributed by atoms with Crippen molar-refractivity contribution in [1.29, 1.82) is 10.5 Å². The lowest BCUT2D eigenvalue weighted by atomic mass is 9.86. The number of benzene rings is 7. The van der Waals surface area contributed by atoms with Gasteiger partial charge in [0.2, 0.25) is 5.88 Å². The van der Waals surface area contributed by atoms with E-state index < -0.39 is 0 Å². The molecular formula is C55H39N3O5. The van der Waals surface area contributed by atoms with Crippen LogP contribution in [0.4, 0.5) is 0 Å². The number of hydrogen-bond acceptors (Lipinski definition) is 8. The van der Waals surface area contributed by atoms with E-state index in [1.54, 1.807) is 97.2 Å². The minimum atomic E-state index is -0.301. The molecule has 0 saturated heterocycles. The summed E-state index contributed by atoms with van der Waals surface area (Å²) >= 11 is 0. The van der Waals surface area contributed by atoms with E-state index in [0.29, 0.717) is 84.7 Å². The number of ether oxygens (including phenoxy) is 3. The third kappa shape index (κ3) is 8.56. The Morgan fingerprint density at radius 3 is 1.75 bits per heavy atom. The Kier molecular flexibility index (Phi) is 11.7. The Morgan fingerprint density at radius 1 is 0.492 bits per heavy atom. The van der Waals surface area contributed by atoms with Crippen LogP contribution in [-0.2, 0) is 0 Å². The fraction of sp³-hybridized carbons (Fsp3) is 0.0727. The molecule has 0 radical (unpaired) electrons. The topological polar surface area (TPSA) is 122 Å². The van der Waals surface area contributed by atoms with Crippen LogP contribution in [0.15, 0.2) is 164 Å². The summed E-state index contributed by atoms with van der Waals surface area (Å²) in [6.07, 6.45) is 1.64. The first-order valence-electron chi connectivity index (χ1n) is 20.2. The van der Waals surface area contributed by atoms with Crippen molar-refractivity contribution in [1.82, 2.24) is 4.98 Å². The lowest BCUT2D eigenvalue weighted by Gasteiger charge is -2.18. The van der Waals surface area contributed by atoms with E-state index in [4.69, 9.17) is 14.2 Å². The molecule has 7 aromatic carbocycles. The highest BCUT2D eigenvalue weighted by Gasteiger charge is 2.23. The normalized spacial score (nSPS) is 10.6. The van der Waals surface area contributed by atoms with Crippen LogP contribution in [-0.4, -0.2) is 16.6 Å². The van der Waals surface area contributed by atoms with Crippen LogP contribution in [0, 0.1) is 50.4 Å². The van der Waals surface area contributed by atoms with Crippen LogP contribution in [0.25, 0.3) is 22.3 Å². The molecule has 0 aliphatic heterocycles. The number of carbonyl (C=O) groups excluding carboxylic acids is 2. The van der Waals surface area contributed by atoms with Crippen LogP contribution >= 0.6 is 0 Å². The molecule has 8 nitrogen and oxygen atoms in total. The number of hydrogen-bond donors (Lipinski definition) is 0. The molecule has 0 atom stereocenters. The van der Waals surface area contributed by atoms with E-state index in [1.807, 2.05) is 94.4 Å². The summed E-state index contributed by atoms with van der Waals surface area (Å²) in [6.45, 7) is 7.61. The zero-order valence-electron chi connectivity index (χ0n) is 35.0. The molecule has 0 N–H and O–H groups in total. The Bertz CT molecular complexity index is 3130. The standard InChI is InChI=1S/C55H39N3O5/c1-34-19-25-42(45(30-34)54(59)38-13-6-5-7-14-38)40-22-26-44(46(31-40)55(60)39-20-23-41(24-21-39)61-53-18-8-9-29-58-53)43-15-11-17-52(48(43)33-57)63-50-28-27-49(36(3)37(50)4)62-51-16-10-12-35(2)47(51)32-56/h5-31H,1-4H3. The van der Waals surface area contributed by atoms with Crippen molar-refractivity contribution in [3.63, 3.8) is 0 Å². The molecule has 0 amide bonds. The van der Waals surface area contributed by atoms with Gasteiger partial charge in [0.1, 0.15) is 46.4 Å². The summed E-state index contributed by atoms with van der Waals surface area (Å²) in [4.78, 5) is 33.0. The molecule has 0 spiro atoms. The number of aryl methyl sites for hydroxylation is 2. The SMILES string of the molecule is Cc1ccc(-c2ccc(-c3cccc(Oc4ccc(Oc5cccc(C)c5C#N)c(C)c4C)c3C#N)c(C(=O)c3ccc(Oc4ccccn4)cc3)c2)c(C(=O)c2ccccc2)c1. The van der Waals surface area contributed by atoms with E-state index in [2.05, 4.69) is 17.1 Å². The zero-order valence-corrected chi connectivity index (χ0v) is 35.0. The zero-order chi connectivity index (χ0) is 44.0. The van der Waals surface area contributed by atoms with Crippen LogP contribution in [0.3, 0.4) is 0 Å². The van der Waals surface area contributed by atoms with Gasteiger partial charge in [-0.05, 0) is 128 Å². The van der Waals surface area contributed by atoms with Gasteiger partial charge in [0.15, 0.2) is 11.6 Å².